The minimum atomic E-state index is -2.83. The molecule has 1 N–H and O–H groups in total. The van der Waals surface area contributed by atoms with Crippen LogP contribution < -0.4 is 5.32 Å². The van der Waals surface area contributed by atoms with Gasteiger partial charge in [-0.2, -0.15) is 0 Å². The molecule has 0 amide bonds. The maximum Gasteiger partial charge on any atom is 0.154 e. The van der Waals surface area contributed by atoms with Crippen molar-refractivity contribution in [2.24, 2.45) is 0 Å². The van der Waals surface area contributed by atoms with E-state index in [0.29, 0.717) is 18.8 Å². The van der Waals surface area contributed by atoms with Gasteiger partial charge in [0.2, 0.25) is 0 Å². The Balaban J connectivity index is 1.82. The Hall–Kier alpha value is -0.940. The van der Waals surface area contributed by atoms with Crippen molar-refractivity contribution < 1.29 is 8.42 Å². The Morgan fingerprint density at radius 1 is 1.47 bits per heavy atom. The smallest absolute Gasteiger partial charge is 0.154 e. The van der Waals surface area contributed by atoms with Gasteiger partial charge in [0.05, 0.1) is 11.0 Å². The van der Waals surface area contributed by atoms with Gasteiger partial charge in [-0.15, -0.1) is 0 Å². The molecule has 0 radical (unpaired) electrons. The molecular formula is C12H18N2O2S. The lowest BCUT2D eigenvalue weighted by Gasteiger charge is -2.10. The van der Waals surface area contributed by atoms with Crippen LogP contribution in [0.3, 0.4) is 0 Å². The predicted molar refractivity (Wildman–Crippen MR) is 67.5 cm³/mol. The van der Waals surface area contributed by atoms with Crippen LogP contribution in [0.1, 0.15) is 24.1 Å². The molecule has 1 unspecified atom stereocenters. The van der Waals surface area contributed by atoms with Gasteiger partial charge in [0, 0.05) is 25.0 Å². The summed E-state index contributed by atoms with van der Waals surface area (Å²) in [6.07, 6.45) is 3.42. The minimum absolute atomic E-state index is 0.194. The van der Waals surface area contributed by atoms with Gasteiger partial charge in [0.1, 0.15) is 0 Å². The first-order chi connectivity index (χ1) is 8.08. The molecule has 0 aromatic carbocycles. The number of hydrogen-bond donors (Lipinski definition) is 1. The zero-order valence-electron chi connectivity index (χ0n) is 10.0. The molecule has 17 heavy (non-hydrogen) atoms. The van der Waals surface area contributed by atoms with E-state index in [-0.39, 0.29) is 5.25 Å². The molecule has 0 bridgehead atoms. The van der Waals surface area contributed by atoms with Gasteiger partial charge in [-0.25, -0.2) is 8.42 Å². The van der Waals surface area contributed by atoms with Gasteiger partial charge in [0.25, 0.3) is 0 Å². The highest BCUT2D eigenvalue weighted by Gasteiger charge is 2.30. The molecule has 2 rings (SSSR count). The summed E-state index contributed by atoms with van der Waals surface area (Å²) in [5.74, 6) is 0.353. The summed E-state index contributed by atoms with van der Waals surface area (Å²) in [4.78, 5) is 4.20. The number of rotatable bonds is 4. The third-order valence-corrected chi connectivity index (χ3v) is 5.41. The quantitative estimate of drug-likeness (QED) is 0.872. The van der Waals surface area contributed by atoms with Crippen molar-refractivity contribution in [2.75, 3.05) is 12.3 Å². The minimum Gasteiger partial charge on any atom is -0.311 e. The van der Waals surface area contributed by atoms with E-state index >= 15 is 0 Å². The Bertz CT molecular complexity index is 468. The molecular weight excluding hydrogens is 236 g/mol. The summed E-state index contributed by atoms with van der Waals surface area (Å²) in [6, 6.07) is 3.97. The first-order valence-electron chi connectivity index (χ1n) is 5.92. The largest absolute Gasteiger partial charge is 0.311 e. The number of hydrogen-bond acceptors (Lipinski definition) is 4. The lowest BCUT2D eigenvalue weighted by Crippen LogP contribution is -2.30. The second-order valence-electron chi connectivity index (χ2n) is 4.57. The van der Waals surface area contributed by atoms with E-state index in [1.165, 1.54) is 0 Å². The maximum atomic E-state index is 11.6. The van der Waals surface area contributed by atoms with Crippen molar-refractivity contribution in [2.45, 2.75) is 31.6 Å². The van der Waals surface area contributed by atoms with E-state index in [2.05, 4.69) is 10.3 Å². The van der Waals surface area contributed by atoms with E-state index in [4.69, 9.17) is 0 Å². The van der Waals surface area contributed by atoms with E-state index in [0.717, 1.165) is 24.1 Å². The molecule has 1 fully saturated rings. The van der Waals surface area contributed by atoms with Crippen molar-refractivity contribution in [1.29, 1.82) is 0 Å². The molecule has 1 aliphatic rings. The van der Waals surface area contributed by atoms with Crippen molar-refractivity contribution >= 4 is 9.84 Å². The molecule has 0 saturated carbocycles. The molecule has 0 aliphatic carbocycles. The molecule has 1 saturated heterocycles. The van der Waals surface area contributed by atoms with Crippen molar-refractivity contribution in [3.05, 3.63) is 29.6 Å². The highest BCUT2D eigenvalue weighted by atomic mass is 32.2. The molecule has 1 aromatic rings. The van der Waals surface area contributed by atoms with E-state index < -0.39 is 9.84 Å². The Labute approximate surface area is 102 Å². The summed E-state index contributed by atoms with van der Waals surface area (Å²) in [5, 5.41) is 3.01. The topological polar surface area (TPSA) is 59.1 Å². The molecule has 1 aliphatic heterocycles. The number of aryl methyl sites for hydroxylation is 1. The maximum absolute atomic E-state index is 11.6. The van der Waals surface area contributed by atoms with Crippen molar-refractivity contribution in [1.82, 2.24) is 10.3 Å². The number of aromatic nitrogens is 1. The van der Waals surface area contributed by atoms with Gasteiger partial charge < -0.3 is 5.32 Å². The van der Waals surface area contributed by atoms with Crippen molar-refractivity contribution in [3.63, 3.8) is 0 Å². The average Bonchev–Trinajstić information content (AvgIpc) is 2.61. The van der Waals surface area contributed by atoms with Crippen LogP contribution in [0.15, 0.2) is 18.3 Å². The third kappa shape index (κ3) is 3.26. The van der Waals surface area contributed by atoms with Gasteiger partial charge in [0.15, 0.2) is 9.84 Å². The third-order valence-electron chi connectivity index (χ3n) is 3.14. The first-order valence-corrected chi connectivity index (χ1v) is 7.63. The Morgan fingerprint density at radius 3 is 2.88 bits per heavy atom. The zero-order chi connectivity index (χ0) is 12.3. The summed E-state index contributed by atoms with van der Waals surface area (Å²) in [6.45, 7) is 3.18. The normalized spacial score (nSPS) is 22.8. The van der Waals surface area contributed by atoms with Crippen LogP contribution in [-0.2, 0) is 16.4 Å². The number of pyridine rings is 1. The monoisotopic (exact) mass is 254 g/mol. The molecule has 1 atom stereocenters. The summed E-state index contributed by atoms with van der Waals surface area (Å²) in [7, 11) is -2.83. The second-order valence-corrected chi connectivity index (χ2v) is 6.97. The Morgan fingerprint density at radius 2 is 2.29 bits per heavy atom. The lowest BCUT2D eigenvalue weighted by molar-refractivity contribution is 0.574. The first kappa shape index (κ1) is 12.5. The fraction of sp³-hybridized carbons (Fsp3) is 0.583. The van der Waals surface area contributed by atoms with Crippen LogP contribution in [0.2, 0.25) is 0 Å². The van der Waals surface area contributed by atoms with E-state index in [1.54, 1.807) is 0 Å². The SMILES string of the molecule is Cc1ccc(CNCC2CCCS2(=O)=O)cn1. The predicted octanol–water partition coefficient (Wildman–Crippen LogP) is 1.06. The van der Waals surface area contributed by atoms with E-state index in [9.17, 15) is 8.42 Å². The fourth-order valence-corrected chi connectivity index (χ4v) is 3.87. The number of nitrogens with zero attached hydrogens (tertiary/aromatic N) is 1. The van der Waals surface area contributed by atoms with Gasteiger partial charge in [-0.05, 0) is 31.4 Å². The highest BCUT2D eigenvalue weighted by Crippen LogP contribution is 2.19. The van der Waals surface area contributed by atoms with Crippen LogP contribution in [0.4, 0.5) is 0 Å². The van der Waals surface area contributed by atoms with Crippen LogP contribution in [-0.4, -0.2) is 30.9 Å². The van der Waals surface area contributed by atoms with Gasteiger partial charge in [-0.3, -0.25) is 4.98 Å². The second kappa shape index (κ2) is 5.14. The number of nitrogens with one attached hydrogen (secondary N) is 1. The molecule has 0 spiro atoms. The highest BCUT2D eigenvalue weighted by molar-refractivity contribution is 7.92. The zero-order valence-corrected chi connectivity index (χ0v) is 10.8. The van der Waals surface area contributed by atoms with E-state index in [1.807, 2.05) is 25.3 Å². The van der Waals surface area contributed by atoms with Gasteiger partial charge in [-0.1, -0.05) is 6.07 Å². The Kier molecular flexibility index (Phi) is 3.79. The molecule has 1 aromatic heterocycles. The standard InChI is InChI=1S/C12H18N2O2S/c1-10-4-5-11(8-14-10)7-13-9-12-3-2-6-17(12,15)16/h4-5,8,12-13H,2-3,6-7,9H2,1H3. The fourth-order valence-electron chi connectivity index (χ4n) is 2.07. The van der Waals surface area contributed by atoms with Gasteiger partial charge >= 0.3 is 0 Å². The summed E-state index contributed by atoms with van der Waals surface area (Å²) in [5.41, 5.74) is 2.08. The molecule has 4 nitrogen and oxygen atoms in total. The lowest BCUT2D eigenvalue weighted by atomic mass is 10.2. The van der Waals surface area contributed by atoms with Crippen LogP contribution >= 0.6 is 0 Å². The van der Waals surface area contributed by atoms with Crippen LogP contribution in [0.5, 0.6) is 0 Å². The average molecular weight is 254 g/mol. The molecule has 5 heteroatoms. The summed E-state index contributed by atoms with van der Waals surface area (Å²) >= 11 is 0. The van der Waals surface area contributed by atoms with Crippen molar-refractivity contribution in [3.8, 4) is 0 Å². The van der Waals surface area contributed by atoms with Crippen LogP contribution in [0, 0.1) is 6.92 Å². The van der Waals surface area contributed by atoms with Crippen LogP contribution in [0.25, 0.3) is 0 Å². The summed E-state index contributed by atoms with van der Waals surface area (Å²) < 4.78 is 23.2. The molecule has 2 heterocycles. The number of sulfone groups is 1. The molecule has 94 valence electrons.